The number of carbonyl (C=O) groups is 2. The van der Waals surface area contributed by atoms with E-state index in [-0.39, 0.29) is 22.7 Å². The Bertz CT molecular complexity index is 1360. The quantitative estimate of drug-likeness (QED) is 0.609. The van der Waals surface area contributed by atoms with E-state index in [1.54, 1.807) is 48.5 Å². The Hall–Kier alpha value is -4.80. The van der Waals surface area contributed by atoms with Crippen LogP contribution in [0.2, 0.25) is 0 Å². The normalized spacial score (nSPS) is 17.7. The molecule has 0 bridgehead atoms. The number of esters is 2. The van der Waals surface area contributed by atoms with Gasteiger partial charge in [-0.25, -0.2) is 9.59 Å². The maximum atomic E-state index is 13.2. The molecule has 10 nitrogen and oxygen atoms in total. The highest BCUT2D eigenvalue weighted by molar-refractivity contribution is 6.06. The van der Waals surface area contributed by atoms with Gasteiger partial charge in [0.25, 0.3) is 0 Å². The largest absolute Gasteiger partial charge is 0.466 e. The highest BCUT2D eigenvalue weighted by atomic mass is 16.5. The molecule has 4 rings (SSSR count). The van der Waals surface area contributed by atoms with Gasteiger partial charge in [-0.05, 0) is 23.8 Å². The molecule has 2 aromatic rings. The van der Waals surface area contributed by atoms with Gasteiger partial charge in [-0.15, -0.1) is 0 Å². The van der Waals surface area contributed by atoms with E-state index in [0.717, 1.165) is 0 Å². The van der Waals surface area contributed by atoms with Crippen LogP contribution in [0.15, 0.2) is 71.2 Å². The number of carbonyl (C=O) groups excluding carboxylic acids is 2. The van der Waals surface area contributed by atoms with Crippen LogP contribution < -0.4 is 15.5 Å². The van der Waals surface area contributed by atoms with Crippen molar-refractivity contribution in [2.45, 2.75) is 5.92 Å². The minimum absolute atomic E-state index is 0.0509. The number of allylic oxidation sites excluding steroid dienone is 1. The first kappa shape index (κ1) is 25.3. The lowest BCUT2D eigenvalue weighted by Gasteiger charge is -2.36. The van der Waals surface area contributed by atoms with Crippen LogP contribution in [0.4, 0.5) is 11.4 Å². The summed E-state index contributed by atoms with van der Waals surface area (Å²) >= 11 is 0. The van der Waals surface area contributed by atoms with Crippen LogP contribution in [0, 0.1) is 22.7 Å². The van der Waals surface area contributed by atoms with Crippen molar-refractivity contribution in [3.8, 4) is 12.1 Å². The van der Waals surface area contributed by atoms with E-state index < -0.39 is 17.9 Å². The topological polar surface area (TPSA) is 142 Å². The van der Waals surface area contributed by atoms with E-state index in [9.17, 15) is 20.1 Å². The van der Waals surface area contributed by atoms with Crippen molar-refractivity contribution < 1.29 is 23.8 Å². The van der Waals surface area contributed by atoms with Gasteiger partial charge >= 0.3 is 11.9 Å². The summed E-state index contributed by atoms with van der Waals surface area (Å²) in [5.41, 5.74) is 8.22. The predicted molar refractivity (Wildman–Crippen MR) is 134 cm³/mol. The molecule has 2 aliphatic rings. The summed E-state index contributed by atoms with van der Waals surface area (Å²) < 4.78 is 15.5. The third kappa shape index (κ3) is 4.58. The van der Waals surface area contributed by atoms with Crippen LogP contribution in [0.3, 0.4) is 0 Å². The van der Waals surface area contributed by atoms with E-state index >= 15 is 0 Å². The number of nitriles is 2. The van der Waals surface area contributed by atoms with E-state index in [4.69, 9.17) is 19.9 Å². The van der Waals surface area contributed by atoms with Gasteiger partial charge in [0, 0.05) is 18.8 Å². The Kier molecular flexibility index (Phi) is 7.42. The number of hydrogen-bond donors (Lipinski definition) is 1. The highest BCUT2D eigenvalue weighted by Crippen LogP contribution is 2.43. The van der Waals surface area contributed by atoms with Crippen molar-refractivity contribution in [1.29, 1.82) is 10.5 Å². The molecular formula is C27H25N5O5. The molecule has 0 saturated carbocycles. The number of anilines is 2. The van der Waals surface area contributed by atoms with Gasteiger partial charge in [-0.3, -0.25) is 4.90 Å². The lowest BCUT2D eigenvalue weighted by molar-refractivity contribution is -0.139. The molecule has 2 aliphatic heterocycles. The number of nitrogens with zero attached hydrogens (tertiary/aromatic N) is 4. The molecule has 2 aromatic carbocycles. The summed E-state index contributed by atoms with van der Waals surface area (Å²) in [7, 11) is 2.37. The maximum absolute atomic E-state index is 13.2. The lowest BCUT2D eigenvalue weighted by Crippen LogP contribution is -2.41. The number of benzene rings is 2. The first-order valence-electron chi connectivity index (χ1n) is 11.5. The highest BCUT2D eigenvalue weighted by Gasteiger charge is 2.43. The standard InChI is InChI=1S/C27H25N5O5/c1-35-26(33)23-22(17-6-4-3-5-7-17)20(16-29)25(30)32(24(23)27(34)36-2)19-8-9-21(18(14-19)15-28)31-10-12-37-13-11-31/h3-9,14,22H,10-13,30H2,1-2H3. The Morgan fingerprint density at radius 2 is 1.68 bits per heavy atom. The summed E-state index contributed by atoms with van der Waals surface area (Å²) in [4.78, 5) is 29.7. The van der Waals surface area contributed by atoms with Gasteiger partial charge in [0.1, 0.15) is 17.6 Å². The van der Waals surface area contributed by atoms with Gasteiger partial charge < -0.3 is 24.8 Å². The third-order valence-corrected chi connectivity index (χ3v) is 6.32. The van der Waals surface area contributed by atoms with Crippen LogP contribution in [0.25, 0.3) is 0 Å². The molecule has 0 spiro atoms. The van der Waals surface area contributed by atoms with Crippen LogP contribution in [0.1, 0.15) is 17.0 Å². The molecule has 188 valence electrons. The van der Waals surface area contributed by atoms with Crippen LogP contribution in [-0.2, 0) is 23.8 Å². The Labute approximate surface area is 214 Å². The number of methoxy groups -OCH3 is 2. The molecule has 0 amide bonds. The Morgan fingerprint density at radius 1 is 1.00 bits per heavy atom. The number of rotatable bonds is 5. The monoisotopic (exact) mass is 499 g/mol. The van der Waals surface area contributed by atoms with Gasteiger partial charge in [0.05, 0.1) is 61.8 Å². The zero-order valence-corrected chi connectivity index (χ0v) is 20.4. The van der Waals surface area contributed by atoms with Crippen LogP contribution in [-0.4, -0.2) is 52.5 Å². The average molecular weight is 500 g/mol. The summed E-state index contributed by atoms with van der Waals surface area (Å²) in [5.74, 6) is -2.69. The molecule has 0 aliphatic carbocycles. The first-order valence-corrected chi connectivity index (χ1v) is 11.5. The number of hydrogen-bond acceptors (Lipinski definition) is 10. The minimum atomic E-state index is -0.966. The fourth-order valence-corrected chi connectivity index (χ4v) is 4.61. The summed E-state index contributed by atoms with van der Waals surface area (Å²) in [6.45, 7) is 2.32. The molecule has 2 heterocycles. The average Bonchev–Trinajstić information content (AvgIpc) is 2.96. The number of ether oxygens (including phenoxy) is 3. The van der Waals surface area contributed by atoms with Gasteiger partial charge in [-0.1, -0.05) is 30.3 Å². The molecule has 0 aromatic heterocycles. The molecule has 0 radical (unpaired) electrons. The summed E-state index contributed by atoms with van der Waals surface area (Å²) in [5, 5.41) is 20.1. The second kappa shape index (κ2) is 10.9. The molecule has 37 heavy (non-hydrogen) atoms. The van der Waals surface area contributed by atoms with Gasteiger partial charge in [0.2, 0.25) is 0 Å². The van der Waals surface area contributed by atoms with E-state index in [1.165, 1.54) is 19.1 Å². The Balaban J connectivity index is 1.97. The Morgan fingerprint density at radius 3 is 2.27 bits per heavy atom. The zero-order chi connectivity index (χ0) is 26.5. The van der Waals surface area contributed by atoms with Crippen molar-refractivity contribution in [3.05, 3.63) is 82.3 Å². The van der Waals surface area contributed by atoms with Crippen molar-refractivity contribution >= 4 is 23.3 Å². The maximum Gasteiger partial charge on any atom is 0.355 e. The van der Waals surface area contributed by atoms with Crippen molar-refractivity contribution in [3.63, 3.8) is 0 Å². The molecule has 10 heteroatoms. The molecule has 2 N–H and O–H groups in total. The number of nitrogens with two attached hydrogens (primary N) is 1. The molecule has 1 atom stereocenters. The van der Waals surface area contributed by atoms with Crippen LogP contribution >= 0.6 is 0 Å². The minimum Gasteiger partial charge on any atom is -0.466 e. The number of morpholine rings is 1. The molecule has 1 unspecified atom stereocenters. The fourth-order valence-electron chi connectivity index (χ4n) is 4.61. The van der Waals surface area contributed by atoms with Gasteiger partial charge in [0.15, 0.2) is 0 Å². The second-order valence-corrected chi connectivity index (χ2v) is 8.25. The smallest absolute Gasteiger partial charge is 0.355 e. The summed E-state index contributed by atoms with van der Waals surface area (Å²) in [6, 6.07) is 18.0. The zero-order valence-electron chi connectivity index (χ0n) is 20.4. The first-order chi connectivity index (χ1) is 18.0. The lowest BCUT2D eigenvalue weighted by atomic mass is 9.81. The SMILES string of the molecule is COC(=O)C1=C(C(=O)OC)N(c2ccc(N3CCOCC3)c(C#N)c2)C(N)=C(C#N)C1c1ccccc1. The van der Waals surface area contributed by atoms with E-state index in [2.05, 4.69) is 12.1 Å². The molecular weight excluding hydrogens is 474 g/mol. The summed E-state index contributed by atoms with van der Waals surface area (Å²) in [6.07, 6.45) is 0. The van der Waals surface area contributed by atoms with E-state index in [1.807, 2.05) is 4.90 Å². The second-order valence-electron chi connectivity index (χ2n) is 8.25. The fraction of sp³-hybridized carbons (Fsp3) is 0.259. The van der Waals surface area contributed by atoms with Crippen molar-refractivity contribution in [2.24, 2.45) is 5.73 Å². The molecule has 1 saturated heterocycles. The van der Waals surface area contributed by atoms with Crippen LogP contribution in [0.5, 0.6) is 0 Å². The third-order valence-electron chi connectivity index (χ3n) is 6.32. The van der Waals surface area contributed by atoms with Crippen molar-refractivity contribution in [2.75, 3.05) is 50.3 Å². The van der Waals surface area contributed by atoms with E-state index in [0.29, 0.717) is 48.8 Å². The van der Waals surface area contributed by atoms with Gasteiger partial charge in [-0.2, -0.15) is 10.5 Å². The predicted octanol–water partition coefficient (Wildman–Crippen LogP) is 2.29. The molecule has 1 fully saturated rings. The van der Waals surface area contributed by atoms with Crippen molar-refractivity contribution in [1.82, 2.24) is 0 Å².